The number of carbonyl (C=O) groups excluding carboxylic acids is 1. The number of rotatable bonds is 3. The number of hydrogen-bond donors (Lipinski definition) is 3. The first-order valence-corrected chi connectivity index (χ1v) is 7.24. The molecule has 1 atom stereocenters. The Labute approximate surface area is 122 Å². The van der Waals surface area contributed by atoms with E-state index in [-0.39, 0.29) is 23.5 Å². The lowest BCUT2D eigenvalue weighted by Crippen LogP contribution is -2.38. The molecular weight excluding hydrogens is 266 g/mol. The first-order chi connectivity index (χ1) is 10.2. The Morgan fingerprint density at radius 2 is 2.00 bits per heavy atom. The molecule has 0 bridgehead atoms. The van der Waals surface area contributed by atoms with Crippen LogP contribution < -0.4 is 5.32 Å². The molecule has 2 saturated carbocycles. The summed E-state index contributed by atoms with van der Waals surface area (Å²) in [5, 5.41) is 19.2. The van der Waals surface area contributed by atoms with Crippen LogP contribution >= 0.6 is 0 Å². The molecule has 0 radical (unpaired) electrons. The Morgan fingerprint density at radius 1 is 1.24 bits per heavy atom. The Morgan fingerprint density at radius 3 is 2.62 bits per heavy atom. The zero-order valence-electron chi connectivity index (χ0n) is 11.5. The smallest absolute Gasteiger partial charge is 0.251 e. The summed E-state index contributed by atoms with van der Waals surface area (Å²) >= 11 is 0. The van der Waals surface area contributed by atoms with Crippen LogP contribution in [0.4, 0.5) is 0 Å². The molecule has 2 aliphatic carbocycles. The van der Waals surface area contributed by atoms with Gasteiger partial charge in [-0.05, 0) is 42.4 Å². The summed E-state index contributed by atoms with van der Waals surface area (Å²) < 4.78 is 0. The summed E-state index contributed by atoms with van der Waals surface area (Å²) in [7, 11) is 0. The van der Waals surface area contributed by atoms with Crippen molar-refractivity contribution in [3.05, 3.63) is 42.2 Å². The molecule has 1 heterocycles. The molecule has 2 aromatic rings. The maximum Gasteiger partial charge on any atom is 0.251 e. The van der Waals surface area contributed by atoms with Crippen LogP contribution in [0.2, 0.25) is 0 Å². The SMILES string of the molecule is O=C(NC1CC12CC(O)C2)c1ccc(-c2cn[nH]c2)cc1. The average Bonchev–Trinajstić information content (AvgIpc) is 2.91. The highest BCUT2D eigenvalue weighted by atomic mass is 16.3. The molecule has 1 aromatic heterocycles. The quantitative estimate of drug-likeness (QED) is 0.802. The van der Waals surface area contributed by atoms with Crippen molar-refractivity contribution in [2.75, 3.05) is 0 Å². The molecule has 1 unspecified atom stereocenters. The van der Waals surface area contributed by atoms with E-state index in [1.165, 1.54) is 0 Å². The minimum Gasteiger partial charge on any atom is -0.393 e. The van der Waals surface area contributed by atoms with E-state index < -0.39 is 0 Å². The lowest BCUT2D eigenvalue weighted by Gasteiger charge is -2.32. The van der Waals surface area contributed by atoms with Gasteiger partial charge in [0.1, 0.15) is 0 Å². The first-order valence-electron chi connectivity index (χ1n) is 7.24. The number of aliphatic hydroxyl groups excluding tert-OH is 1. The van der Waals surface area contributed by atoms with Gasteiger partial charge in [0.2, 0.25) is 0 Å². The highest BCUT2D eigenvalue weighted by molar-refractivity contribution is 5.95. The van der Waals surface area contributed by atoms with Crippen LogP contribution in [0.3, 0.4) is 0 Å². The first kappa shape index (κ1) is 12.6. The predicted octanol–water partition coefficient (Wildman–Crippen LogP) is 1.72. The molecule has 5 heteroatoms. The van der Waals surface area contributed by atoms with Crippen LogP contribution in [-0.2, 0) is 0 Å². The molecule has 108 valence electrons. The molecule has 5 nitrogen and oxygen atoms in total. The van der Waals surface area contributed by atoms with Gasteiger partial charge in [-0.2, -0.15) is 5.10 Å². The van der Waals surface area contributed by atoms with Gasteiger partial charge in [0.05, 0.1) is 12.3 Å². The van der Waals surface area contributed by atoms with E-state index in [2.05, 4.69) is 15.5 Å². The normalized spacial score (nSPS) is 30.0. The van der Waals surface area contributed by atoms with Crippen molar-refractivity contribution in [1.82, 2.24) is 15.5 Å². The second-order valence-electron chi connectivity index (χ2n) is 6.22. The van der Waals surface area contributed by atoms with Gasteiger partial charge in [-0.15, -0.1) is 0 Å². The van der Waals surface area contributed by atoms with Gasteiger partial charge >= 0.3 is 0 Å². The van der Waals surface area contributed by atoms with Crippen molar-refractivity contribution in [2.45, 2.75) is 31.4 Å². The monoisotopic (exact) mass is 283 g/mol. The number of aromatic amines is 1. The van der Waals surface area contributed by atoms with Gasteiger partial charge in [-0.25, -0.2) is 0 Å². The minimum absolute atomic E-state index is 0.0305. The van der Waals surface area contributed by atoms with Crippen molar-refractivity contribution >= 4 is 5.91 Å². The number of aromatic nitrogens is 2. The van der Waals surface area contributed by atoms with Gasteiger partial charge in [-0.1, -0.05) is 12.1 Å². The van der Waals surface area contributed by atoms with Crippen molar-refractivity contribution in [2.24, 2.45) is 5.41 Å². The molecule has 1 spiro atoms. The molecule has 2 aliphatic rings. The second-order valence-corrected chi connectivity index (χ2v) is 6.22. The summed E-state index contributed by atoms with van der Waals surface area (Å²) in [6.07, 6.45) is 6.08. The van der Waals surface area contributed by atoms with E-state index in [9.17, 15) is 9.90 Å². The Hall–Kier alpha value is -2.14. The van der Waals surface area contributed by atoms with Crippen LogP contribution in [0.25, 0.3) is 11.1 Å². The zero-order chi connectivity index (χ0) is 14.4. The van der Waals surface area contributed by atoms with Gasteiger partial charge in [0.15, 0.2) is 0 Å². The number of benzene rings is 1. The number of H-pyrrole nitrogens is 1. The Bertz CT molecular complexity index is 657. The molecule has 0 saturated heterocycles. The van der Waals surface area contributed by atoms with Crippen LogP contribution in [0.1, 0.15) is 29.6 Å². The topological polar surface area (TPSA) is 78.0 Å². The number of hydrogen-bond acceptors (Lipinski definition) is 3. The van der Waals surface area contributed by atoms with Gasteiger partial charge in [0, 0.05) is 23.4 Å². The largest absolute Gasteiger partial charge is 0.393 e. The van der Waals surface area contributed by atoms with E-state index in [0.717, 1.165) is 30.4 Å². The van der Waals surface area contributed by atoms with Crippen LogP contribution in [0.5, 0.6) is 0 Å². The van der Waals surface area contributed by atoms with Crippen molar-refractivity contribution in [3.63, 3.8) is 0 Å². The number of aliphatic hydroxyl groups is 1. The standard InChI is InChI=1S/C16H17N3O2/c20-13-5-16(6-13)7-14(16)19-15(21)11-3-1-10(2-4-11)12-8-17-18-9-12/h1-4,8-9,13-14,20H,5-7H2,(H,17,18)(H,19,21). The molecule has 1 amide bonds. The van der Waals surface area contributed by atoms with Crippen LogP contribution in [0.15, 0.2) is 36.7 Å². The third-order valence-electron chi connectivity index (χ3n) is 4.76. The molecule has 4 rings (SSSR count). The zero-order valence-corrected chi connectivity index (χ0v) is 11.5. The van der Waals surface area contributed by atoms with Gasteiger partial charge in [0.25, 0.3) is 5.91 Å². The van der Waals surface area contributed by atoms with Crippen molar-refractivity contribution in [1.29, 1.82) is 0 Å². The maximum atomic E-state index is 12.2. The minimum atomic E-state index is -0.166. The predicted molar refractivity (Wildman–Crippen MR) is 77.6 cm³/mol. The van der Waals surface area contributed by atoms with E-state index in [4.69, 9.17) is 0 Å². The van der Waals surface area contributed by atoms with Gasteiger partial charge in [-0.3, -0.25) is 9.89 Å². The summed E-state index contributed by atoms with van der Waals surface area (Å²) in [4.78, 5) is 12.2. The number of amides is 1. The average molecular weight is 283 g/mol. The molecule has 0 aliphatic heterocycles. The van der Waals surface area contributed by atoms with Gasteiger partial charge < -0.3 is 10.4 Å². The number of nitrogens with one attached hydrogen (secondary N) is 2. The van der Waals surface area contributed by atoms with E-state index in [1.807, 2.05) is 30.5 Å². The lowest BCUT2D eigenvalue weighted by atomic mass is 9.78. The highest BCUT2D eigenvalue weighted by Crippen LogP contribution is 2.60. The van der Waals surface area contributed by atoms with E-state index in [0.29, 0.717) is 5.56 Å². The molecule has 1 aromatic carbocycles. The fourth-order valence-electron chi connectivity index (χ4n) is 3.35. The Balaban J connectivity index is 1.41. The third-order valence-corrected chi connectivity index (χ3v) is 4.76. The van der Waals surface area contributed by atoms with E-state index >= 15 is 0 Å². The molecule has 2 fully saturated rings. The fraction of sp³-hybridized carbons (Fsp3) is 0.375. The number of nitrogens with zero attached hydrogens (tertiary/aromatic N) is 1. The van der Waals surface area contributed by atoms with Crippen molar-refractivity contribution < 1.29 is 9.90 Å². The van der Waals surface area contributed by atoms with Crippen molar-refractivity contribution in [3.8, 4) is 11.1 Å². The van der Waals surface area contributed by atoms with Crippen LogP contribution in [0, 0.1) is 5.41 Å². The highest BCUT2D eigenvalue weighted by Gasteiger charge is 2.61. The lowest BCUT2D eigenvalue weighted by molar-refractivity contribution is 0.0235. The molecular formula is C16H17N3O2. The third kappa shape index (κ3) is 2.14. The Kier molecular flexibility index (Phi) is 2.65. The summed E-state index contributed by atoms with van der Waals surface area (Å²) in [6, 6.07) is 7.76. The second kappa shape index (κ2) is 4.43. The molecule has 21 heavy (non-hydrogen) atoms. The summed E-state index contributed by atoms with van der Waals surface area (Å²) in [6.45, 7) is 0. The fourth-order valence-corrected chi connectivity index (χ4v) is 3.35. The van der Waals surface area contributed by atoms with Crippen LogP contribution in [-0.4, -0.2) is 33.4 Å². The number of carbonyl (C=O) groups is 1. The summed E-state index contributed by atoms with van der Waals surface area (Å²) in [5.41, 5.74) is 2.91. The summed E-state index contributed by atoms with van der Waals surface area (Å²) in [5.74, 6) is -0.0305. The maximum absolute atomic E-state index is 12.2. The van der Waals surface area contributed by atoms with E-state index in [1.54, 1.807) is 6.20 Å². The molecule has 3 N–H and O–H groups in total.